The first-order chi connectivity index (χ1) is 8.58. The lowest BCUT2D eigenvalue weighted by Gasteiger charge is -2.48. The summed E-state index contributed by atoms with van der Waals surface area (Å²) in [5, 5.41) is -0.658. The van der Waals surface area contributed by atoms with Gasteiger partial charge in [-0.1, -0.05) is 0 Å². The summed E-state index contributed by atoms with van der Waals surface area (Å²) in [5.74, 6) is 0.205. The van der Waals surface area contributed by atoms with Gasteiger partial charge in [-0.2, -0.15) is 0 Å². The van der Waals surface area contributed by atoms with Crippen molar-refractivity contribution in [2.45, 2.75) is 56.9 Å². The van der Waals surface area contributed by atoms with Crippen LogP contribution >= 0.6 is 10.7 Å². The molecule has 3 rings (SSSR count). The van der Waals surface area contributed by atoms with Crippen molar-refractivity contribution in [2.24, 2.45) is 5.92 Å². The third-order valence-corrected chi connectivity index (χ3v) is 5.63. The first-order valence-electron chi connectivity index (χ1n) is 6.51. The third-order valence-electron chi connectivity index (χ3n) is 3.71. The minimum absolute atomic E-state index is 0.205. The van der Waals surface area contributed by atoms with E-state index in [-0.39, 0.29) is 12.0 Å². The second-order valence-electron chi connectivity index (χ2n) is 6.39. The van der Waals surface area contributed by atoms with E-state index in [1.165, 1.54) is 0 Å². The maximum atomic E-state index is 12.1. The van der Waals surface area contributed by atoms with Gasteiger partial charge in [0.2, 0.25) is 9.05 Å². The largest absolute Gasteiger partial charge is 0.444 e. The Morgan fingerprint density at radius 2 is 1.95 bits per heavy atom. The minimum Gasteiger partial charge on any atom is -0.444 e. The van der Waals surface area contributed by atoms with E-state index in [1.54, 1.807) is 25.7 Å². The van der Waals surface area contributed by atoms with Crippen molar-refractivity contribution in [3.63, 3.8) is 0 Å². The predicted molar refractivity (Wildman–Crippen MR) is 72.6 cm³/mol. The highest BCUT2D eigenvalue weighted by atomic mass is 35.7. The summed E-state index contributed by atoms with van der Waals surface area (Å²) in [7, 11) is 1.86. The van der Waals surface area contributed by atoms with Crippen LogP contribution in [-0.2, 0) is 13.8 Å². The first kappa shape index (κ1) is 14.9. The lowest BCUT2D eigenvalue weighted by molar-refractivity contribution is -0.0109. The highest BCUT2D eigenvalue weighted by Crippen LogP contribution is 2.40. The van der Waals surface area contributed by atoms with Gasteiger partial charge in [0.1, 0.15) is 5.60 Å². The molecule has 0 radical (unpaired) electrons. The van der Waals surface area contributed by atoms with Gasteiger partial charge >= 0.3 is 6.09 Å². The van der Waals surface area contributed by atoms with Gasteiger partial charge in [0.05, 0.1) is 11.3 Å². The highest BCUT2D eigenvalue weighted by Gasteiger charge is 2.48. The molecule has 19 heavy (non-hydrogen) atoms. The minimum atomic E-state index is -3.64. The highest BCUT2D eigenvalue weighted by molar-refractivity contribution is 8.14. The molecular formula is C12H20ClNO4S. The van der Waals surface area contributed by atoms with Crippen LogP contribution in [0.1, 0.15) is 40.0 Å². The van der Waals surface area contributed by atoms with Crippen LogP contribution in [0, 0.1) is 5.92 Å². The topological polar surface area (TPSA) is 63.7 Å². The molecule has 1 saturated carbocycles. The lowest BCUT2D eigenvalue weighted by atomic mass is 9.80. The average molecular weight is 310 g/mol. The molecule has 110 valence electrons. The van der Waals surface area contributed by atoms with Crippen molar-refractivity contribution in [3.05, 3.63) is 0 Å². The van der Waals surface area contributed by atoms with E-state index in [0.717, 1.165) is 6.42 Å². The first-order valence-corrected chi connectivity index (χ1v) is 8.88. The molecule has 1 amide bonds. The quantitative estimate of drug-likeness (QED) is 0.697. The predicted octanol–water partition coefficient (Wildman–Crippen LogP) is 2.34. The fourth-order valence-electron chi connectivity index (χ4n) is 2.96. The van der Waals surface area contributed by atoms with Gasteiger partial charge in [-0.05, 0) is 46.0 Å². The normalized spacial score (nSPS) is 31.4. The Morgan fingerprint density at radius 1 is 1.32 bits per heavy atom. The van der Waals surface area contributed by atoms with E-state index in [4.69, 9.17) is 15.4 Å². The molecule has 3 aliphatic rings. The lowest BCUT2D eigenvalue weighted by Crippen LogP contribution is -2.59. The number of amides is 1. The van der Waals surface area contributed by atoms with Crippen LogP contribution < -0.4 is 0 Å². The molecule has 5 nitrogen and oxygen atoms in total. The van der Waals surface area contributed by atoms with E-state index in [9.17, 15) is 13.2 Å². The number of piperidine rings is 2. The van der Waals surface area contributed by atoms with Crippen LogP contribution in [0.25, 0.3) is 0 Å². The van der Waals surface area contributed by atoms with Gasteiger partial charge in [0.15, 0.2) is 0 Å². The van der Waals surface area contributed by atoms with Crippen molar-refractivity contribution in [1.29, 1.82) is 0 Å². The Balaban J connectivity index is 2.17. The molecule has 2 heterocycles. The number of carbonyl (C=O) groups is 1. The van der Waals surface area contributed by atoms with E-state index in [2.05, 4.69) is 0 Å². The van der Waals surface area contributed by atoms with Crippen molar-refractivity contribution < 1.29 is 17.9 Å². The van der Waals surface area contributed by atoms with Crippen LogP contribution in [0.5, 0.6) is 0 Å². The second-order valence-corrected chi connectivity index (χ2v) is 9.24. The second kappa shape index (κ2) is 4.81. The SMILES string of the molecule is CC(C)(C)OC(=O)N1C[C@H]2CC[C@H]1[C@@H](S(=O)(=O)Cl)C2. The molecule has 3 fully saturated rings. The standard InChI is InChI=1S/C12H20ClNO4S/c1-12(2,3)18-11(15)14-7-8-4-5-9(14)10(6-8)19(13,16)17/h8-10H,4-7H2,1-3H3/t8-,9-,10-/m0/s1. The van der Waals surface area contributed by atoms with Gasteiger partial charge < -0.3 is 9.64 Å². The van der Waals surface area contributed by atoms with E-state index in [0.29, 0.717) is 19.4 Å². The maximum Gasteiger partial charge on any atom is 0.410 e. The maximum absolute atomic E-state index is 12.1. The summed E-state index contributed by atoms with van der Waals surface area (Å²) >= 11 is 0. The number of carbonyl (C=O) groups excluding carboxylic acids is 1. The molecule has 2 saturated heterocycles. The summed E-state index contributed by atoms with van der Waals surface area (Å²) in [6.45, 7) is 5.96. The van der Waals surface area contributed by atoms with Crippen molar-refractivity contribution in [3.8, 4) is 0 Å². The summed E-state index contributed by atoms with van der Waals surface area (Å²) in [5.41, 5.74) is -0.580. The number of nitrogens with zero attached hydrogens (tertiary/aromatic N) is 1. The molecule has 1 aliphatic carbocycles. The molecule has 0 aromatic heterocycles. The van der Waals surface area contributed by atoms with Crippen LogP contribution in [0.15, 0.2) is 0 Å². The molecule has 0 N–H and O–H groups in total. The number of rotatable bonds is 1. The van der Waals surface area contributed by atoms with Crippen LogP contribution in [0.4, 0.5) is 4.79 Å². The molecular weight excluding hydrogens is 290 g/mol. The third kappa shape index (κ3) is 3.34. The average Bonchev–Trinajstić information content (AvgIpc) is 2.26. The van der Waals surface area contributed by atoms with Gasteiger partial charge in [-0.3, -0.25) is 0 Å². The van der Waals surface area contributed by atoms with Crippen molar-refractivity contribution >= 4 is 25.8 Å². The number of ether oxygens (including phenoxy) is 1. The zero-order chi connectivity index (χ0) is 14.4. The fourth-order valence-corrected chi connectivity index (χ4v) is 4.70. The Morgan fingerprint density at radius 3 is 2.42 bits per heavy atom. The van der Waals surface area contributed by atoms with E-state index in [1.807, 2.05) is 0 Å². The molecule has 2 aliphatic heterocycles. The summed E-state index contributed by atoms with van der Waals surface area (Å²) in [6, 6.07) is -0.345. The van der Waals surface area contributed by atoms with Crippen LogP contribution in [-0.4, -0.2) is 42.8 Å². The molecule has 0 spiro atoms. The van der Waals surface area contributed by atoms with E-state index >= 15 is 0 Å². The van der Waals surface area contributed by atoms with Crippen molar-refractivity contribution in [1.82, 2.24) is 4.90 Å². The van der Waals surface area contributed by atoms with E-state index < -0.39 is 26.0 Å². The molecule has 0 aromatic rings. The monoisotopic (exact) mass is 309 g/mol. The molecule has 7 heteroatoms. The zero-order valence-electron chi connectivity index (χ0n) is 11.4. The van der Waals surface area contributed by atoms with Gasteiger partial charge in [-0.15, -0.1) is 0 Å². The van der Waals surface area contributed by atoms with Gasteiger partial charge in [0, 0.05) is 17.2 Å². The Kier molecular flexibility index (Phi) is 3.77. The smallest absolute Gasteiger partial charge is 0.410 e. The molecule has 0 aromatic carbocycles. The molecule has 0 unspecified atom stereocenters. The molecule has 3 atom stereocenters. The molecule has 2 bridgehead atoms. The number of fused-ring (bicyclic) bond motifs is 3. The Hall–Kier alpha value is -0.490. The summed E-state index contributed by atoms with van der Waals surface area (Å²) in [6.07, 6.45) is 1.75. The zero-order valence-corrected chi connectivity index (χ0v) is 13.0. The number of hydrogen-bond acceptors (Lipinski definition) is 4. The van der Waals surface area contributed by atoms with Crippen LogP contribution in [0.3, 0.4) is 0 Å². The fraction of sp³-hybridized carbons (Fsp3) is 0.917. The van der Waals surface area contributed by atoms with Crippen LogP contribution in [0.2, 0.25) is 0 Å². The Bertz CT molecular complexity index is 471. The Labute approximate surface area is 118 Å². The van der Waals surface area contributed by atoms with Gasteiger partial charge in [-0.25, -0.2) is 13.2 Å². The number of hydrogen-bond donors (Lipinski definition) is 0. The number of halogens is 1. The van der Waals surface area contributed by atoms with Gasteiger partial charge in [0.25, 0.3) is 0 Å². The summed E-state index contributed by atoms with van der Waals surface area (Å²) < 4.78 is 28.6. The van der Waals surface area contributed by atoms with Crippen molar-refractivity contribution in [2.75, 3.05) is 6.54 Å². The summed E-state index contributed by atoms with van der Waals surface area (Å²) in [4.78, 5) is 13.7.